The Labute approximate surface area is 56.2 Å². The third kappa shape index (κ3) is 7.47. The molecule has 1 aliphatic carbocycles. The topological polar surface area (TPSA) is 26.3 Å². The van der Waals surface area contributed by atoms with Crippen molar-refractivity contribution in [3.05, 3.63) is 0 Å². The maximum absolute atomic E-state index is 8.95. The van der Waals surface area contributed by atoms with Gasteiger partial charge in [-0.2, -0.15) is 0 Å². The first-order chi connectivity index (χ1) is 4.12. The molecule has 0 saturated heterocycles. The molecule has 1 fully saturated rings. The van der Waals surface area contributed by atoms with Crippen LogP contribution < -0.4 is 0 Å². The van der Waals surface area contributed by atoms with Crippen LogP contribution in [0.4, 0.5) is 0 Å². The SMILES string of the molecule is CC1(C)CC1.COC=O. The summed E-state index contributed by atoms with van der Waals surface area (Å²) in [6, 6.07) is 0. The Balaban J connectivity index is 0.000000148. The van der Waals surface area contributed by atoms with Crippen LogP contribution >= 0.6 is 0 Å². The highest BCUT2D eigenvalue weighted by atomic mass is 16.5. The van der Waals surface area contributed by atoms with Crippen molar-refractivity contribution in [3.63, 3.8) is 0 Å². The third-order valence-electron chi connectivity index (χ3n) is 1.35. The summed E-state index contributed by atoms with van der Waals surface area (Å²) in [5, 5.41) is 0. The molecule has 0 aromatic heterocycles. The van der Waals surface area contributed by atoms with E-state index < -0.39 is 0 Å². The summed E-state index contributed by atoms with van der Waals surface area (Å²) < 4.78 is 3.86. The fraction of sp³-hybridized carbons (Fsp3) is 0.857. The number of hydrogen-bond acceptors (Lipinski definition) is 2. The van der Waals surface area contributed by atoms with Gasteiger partial charge >= 0.3 is 0 Å². The lowest BCUT2D eigenvalue weighted by Gasteiger charge is -1.86. The highest BCUT2D eigenvalue weighted by molar-refractivity contribution is 5.36. The molecule has 0 aromatic rings. The first kappa shape index (κ1) is 8.47. The van der Waals surface area contributed by atoms with Gasteiger partial charge in [0.1, 0.15) is 0 Å². The standard InChI is InChI=1S/C5H10.C2H4O2/c1-5(2)3-4-5;1-4-2-3/h3-4H2,1-2H3;2H,1H3. The van der Waals surface area contributed by atoms with Crippen LogP contribution in [0.5, 0.6) is 0 Å². The molecule has 9 heavy (non-hydrogen) atoms. The minimum absolute atomic E-state index is 0.375. The van der Waals surface area contributed by atoms with Gasteiger partial charge in [0.25, 0.3) is 6.47 Å². The number of carbonyl (C=O) groups is 1. The highest BCUT2D eigenvalue weighted by Gasteiger charge is 2.30. The number of hydrogen-bond donors (Lipinski definition) is 0. The van der Waals surface area contributed by atoms with Crippen molar-refractivity contribution >= 4 is 6.47 Å². The molecular weight excluding hydrogens is 116 g/mol. The normalized spacial score (nSPS) is 19.0. The minimum atomic E-state index is 0.375. The van der Waals surface area contributed by atoms with Crippen LogP contribution in [-0.4, -0.2) is 13.6 Å². The zero-order valence-corrected chi connectivity index (χ0v) is 6.31. The van der Waals surface area contributed by atoms with E-state index in [4.69, 9.17) is 4.79 Å². The lowest BCUT2D eigenvalue weighted by atomic mass is 10.2. The molecule has 1 saturated carbocycles. The van der Waals surface area contributed by atoms with Gasteiger partial charge in [-0.1, -0.05) is 13.8 Å². The zero-order valence-electron chi connectivity index (χ0n) is 6.31. The van der Waals surface area contributed by atoms with E-state index in [0.29, 0.717) is 6.47 Å². The number of ether oxygens (including phenoxy) is 1. The molecule has 1 aliphatic rings. The largest absolute Gasteiger partial charge is 0.471 e. The summed E-state index contributed by atoms with van der Waals surface area (Å²) in [5.74, 6) is 0. The van der Waals surface area contributed by atoms with Gasteiger partial charge in [0.05, 0.1) is 7.11 Å². The van der Waals surface area contributed by atoms with Crippen molar-refractivity contribution in [1.82, 2.24) is 0 Å². The fourth-order valence-electron chi connectivity index (χ4n) is 0.250. The first-order valence-corrected chi connectivity index (χ1v) is 3.09. The Morgan fingerprint density at radius 1 is 1.44 bits per heavy atom. The Hall–Kier alpha value is -0.530. The molecule has 0 N–H and O–H groups in total. The van der Waals surface area contributed by atoms with E-state index in [1.165, 1.54) is 20.0 Å². The number of rotatable bonds is 1. The van der Waals surface area contributed by atoms with Gasteiger partial charge in [0.2, 0.25) is 0 Å². The molecule has 0 spiro atoms. The molecule has 0 heterocycles. The Morgan fingerprint density at radius 2 is 1.67 bits per heavy atom. The van der Waals surface area contributed by atoms with Crippen molar-refractivity contribution in [2.45, 2.75) is 26.7 Å². The van der Waals surface area contributed by atoms with E-state index in [1.54, 1.807) is 0 Å². The Bertz CT molecular complexity index is 80.9. The maximum Gasteiger partial charge on any atom is 0.292 e. The molecule has 0 amide bonds. The van der Waals surface area contributed by atoms with Crippen molar-refractivity contribution in [2.75, 3.05) is 7.11 Å². The second kappa shape index (κ2) is 3.49. The Morgan fingerprint density at radius 3 is 1.67 bits per heavy atom. The molecule has 0 unspecified atom stereocenters. The van der Waals surface area contributed by atoms with Crippen LogP contribution in [0.1, 0.15) is 26.7 Å². The van der Waals surface area contributed by atoms with Gasteiger partial charge in [0.15, 0.2) is 0 Å². The second-order valence-electron chi connectivity index (χ2n) is 3.00. The summed E-state index contributed by atoms with van der Waals surface area (Å²) in [4.78, 5) is 8.95. The first-order valence-electron chi connectivity index (χ1n) is 3.09. The van der Waals surface area contributed by atoms with Crippen molar-refractivity contribution < 1.29 is 9.53 Å². The van der Waals surface area contributed by atoms with Gasteiger partial charge in [-0.15, -0.1) is 0 Å². The van der Waals surface area contributed by atoms with E-state index in [1.807, 2.05) is 0 Å². The second-order valence-corrected chi connectivity index (χ2v) is 3.00. The van der Waals surface area contributed by atoms with Gasteiger partial charge in [-0.05, 0) is 18.3 Å². The summed E-state index contributed by atoms with van der Waals surface area (Å²) >= 11 is 0. The van der Waals surface area contributed by atoms with Crippen LogP contribution in [0, 0.1) is 5.41 Å². The summed E-state index contributed by atoms with van der Waals surface area (Å²) in [6.45, 7) is 4.97. The smallest absolute Gasteiger partial charge is 0.292 e. The van der Waals surface area contributed by atoms with Crippen LogP contribution in [-0.2, 0) is 9.53 Å². The Kier molecular flexibility index (Phi) is 3.28. The van der Waals surface area contributed by atoms with Crippen LogP contribution in [0.25, 0.3) is 0 Å². The number of carbonyl (C=O) groups excluding carboxylic acids is 1. The predicted octanol–water partition coefficient (Wildman–Crippen LogP) is 1.60. The molecule has 0 atom stereocenters. The predicted molar refractivity (Wildman–Crippen MR) is 36.1 cm³/mol. The van der Waals surface area contributed by atoms with E-state index in [2.05, 4.69) is 18.6 Å². The lowest BCUT2D eigenvalue weighted by Crippen LogP contribution is -1.75. The van der Waals surface area contributed by atoms with Crippen LogP contribution in [0.2, 0.25) is 0 Å². The maximum atomic E-state index is 8.95. The number of methoxy groups -OCH3 is 1. The molecule has 0 aromatic carbocycles. The van der Waals surface area contributed by atoms with Crippen molar-refractivity contribution in [2.24, 2.45) is 5.41 Å². The molecule has 54 valence electrons. The van der Waals surface area contributed by atoms with E-state index in [-0.39, 0.29) is 0 Å². The van der Waals surface area contributed by atoms with Gasteiger partial charge < -0.3 is 4.74 Å². The lowest BCUT2D eigenvalue weighted by molar-refractivity contribution is -0.126. The molecule has 2 heteroatoms. The minimum Gasteiger partial charge on any atom is -0.471 e. The van der Waals surface area contributed by atoms with Crippen LogP contribution in [0.15, 0.2) is 0 Å². The molecule has 0 radical (unpaired) electrons. The van der Waals surface area contributed by atoms with Gasteiger partial charge in [0, 0.05) is 0 Å². The van der Waals surface area contributed by atoms with Gasteiger partial charge in [-0.3, -0.25) is 4.79 Å². The highest BCUT2D eigenvalue weighted by Crippen LogP contribution is 2.43. The van der Waals surface area contributed by atoms with Gasteiger partial charge in [-0.25, -0.2) is 0 Å². The fourth-order valence-corrected chi connectivity index (χ4v) is 0.250. The molecule has 2 nitrogen and oxygen atoms in total. The molecular formula is C7H14O2. The summed E-state index contributed by atoms with van der Waals surface area (Å²) in [6.07, 6.45) is 2.90. The van der Waals surface area contributed by atoms with E-state index in [0.717, 1.165) is 5.41 Å². The molecule has 1 rings (SSSR count). The molecule has 0 aliphatic heterocycles. The summed E-state index contributed by atoms with van der Waals surface area (Å²) in [7, 11) is 1.31. The zero-order chi connectivity index (χ0) is 7.33. The third-order valence-corrected chi connectivity index (χ3v) is 1.35. The van der Waals surface area contributed by atoms with E-state index >= 15 is 0 Å². The van der Waals surface area contributed by atoms with Crippen LogP contribution in [0.3, 0.4) is 0 Å². The average Bonchev–Trinajstić information content (AvgIpc) is 2.47. The monoisotopic (exact) mass is 130 g/mol. The average molecular weight is 130 g/mol. The summed E-state index contributed by atoms with van der Waals surface area (Å²) in [5.41, 5.74) is 0.750. The molecule has 0 bridgehead atoms. The van der Waals surface area contributed by atoms with Crippen molar-refractivity contribution in [1.29, 1.82) is 0 Å². The van der Waals surface area contributed by atoms with E-state index in [9.17, 15) is 0 Å². The van der Waals surface area contributed by atoms with Crippen molar-refractivity contribution in [3.8, 4) is 0 Å². The quantitative estimate of drug-likeness (QED) is 0.504.